The van der Waals surface area contributed by atoms with Crippen LogP contribution < -0.4 is 14.2 Å². The molecule has 1 N–H and O–H groups in total. The molecule has 2 aromatic rings. The molecule has 2 rings (SSSR count). The largest absolute Gasteiger partial charge is 0.493 e. The van der Waals surface area contributed by atoms with Crippen molar-refractivity contribution < 1.29 is 35.8 Å². The maximum absolute atomic E-state index is 10.3. The van der Waals surface area contributed by atoms with E-state index in [-0.39, 0.29) is 41.8 Å². The summed E-state index contributed by atoms with van der Waals surface area (Å²) in [5, 5.41) is 10.3. The third-order valence-corrected chi connectivity index (χ3v) is 3.21. The monoisotopic (exact) mass is 356 g/mol. The van der Waals surface area contributed by atoms with Gasteiger partial charge >= 0.3 is 0 Å². The van der Waals surface area contributed by atoms with Crippen molar-refractivity contribution in [2.45, 2.75) is 38.7 Å². The Morgan fingerprint density at radius 1 is 1.20 bits per heavy atom. The maximum atomic E-state index is 10.3. The molecule has 0 aliphatic heterocycles. The summed E-state index contributed by atoms with van der Waals surface area (Å²) in [7, 11) is -1.85. The average molecular weight is 357 g/mol. The summed E-state index contributed by atoms with van der Waals surface area (Å²) < 4.78 is 110. The smallest absolute Gasteiger partial charge is 0.160 e. The topological polar surface area (TPSA) is 47.9 Å². The number of hydrogen-bond donors (Lipinski definition) is 1. The van der Waals surface area contributed by atoms with Crippen LogP contribution in [0.4, 0.5) is 0 Å². The fourth-order valence-electron chi connectivity index (χ4n) is 1.95. The summed E-state index contributed by atoms with van der Waals surface area (Å²) >= 11 is 0. The second-order valence-corrected chi connectivity index (χ2v) is 5.20. The lowest BCUT2D eigenvalue weighted by Gasteiger charge is -2.13. The second-order valence-electron chi connectivity index (χ2n) is 5.20. The van der Waals surface area contributed by atoms with Gasteiger partial charge in [-0.1, -0.05) is 24.5 Å². The van der Waals surface area contributed by atoms with E-state index in [1.807, 2.05) is 0 Å². The van der Waals surface area contributed by atoms with Gasteiger partial charge in [-0.25, -0.2) is 0 Å². The normalized spacial score (nSPS) is 19.8. The zero-order valence-corrected chi connectivity index (χ0v) is 14.1. The Bertz CT molecular complexity index is 1120. The maximum Gasteiger partial charge on any atom is 0.160 e. The molecule has 25 heavy (non-hydrogen) atoms. The molecule has 0 bridgehead atoms. The predicted molar refractivity (Wildman–Crippen MR) is 99.8 cm³/mol. The summed E-state index contributed by atoms with van der Waals surface area (Å²) in [6, 6.07) is -3.06. The van der Waals surface area contributed by atoms with E-state index in [2.05, 4.69) is 0 Å². The minimum atomic E-state index is -2.97. The van der Waals surface area contributed by atoms with Crippen LogP contribution in [0.25, 0.3) is 0 Å². The molecule has 0 saturated carbocycles. The molecule has 0 heterocycles. The summed E-state index contributed by atoms with van der Waals surface area (Å²) in [5.74, 6) is -1.28. The molecule has 0 aliphatic carbocycles. The molecule has 0 spiro atoms. The first-order valence-corrected chi connectivity index (χ1v) is 7.65. The number of ether oxygens (including phenoxy) is 3. The van der Waals surface area contributed by atoms with Gasteiger partial charge < -0.3 is 19.3 Å². The van der Waals surface area contributed by atoms with Crippen molar-refractivity contribution >= 4 is 0 Å². The number of hydrogen-bond acceptors (Lipinski definition) is 4. The molecule has 0 aromatic heterocycles. The summed E-state index contributed by atoms with van der Waals surface area (Å²) in [6.45, 7) is 1.03. The molecule has 4 heteroatoms. The van der Waals surface area contributed by atoms with Crippen LogP contribution in [-0.2, 0) is 6.42 Å². The Balaban J connectivity index is 2.17. The Kier molecular flexibility index (Phi) is 3.36. The fourth-order valence-corrected chi connectivity index (χ4v) is 1.95. The van der Waals surface area contributed by atoms with E-state index in [0.717, 1.165) is 7.11 Å². The second kappa shape index (κ2) is 9.94. The van der Waals surface area contributed by atoms with Crippen molar-refractivity contribution in [3.63, 3.8) is 0 Å². The SMILES string of the molecule is [2H]c1c([2H])c(C)c([2H])c(OCC(O)CCC([2H])([2H])Cc2c([2H])c([2H])c(OC)c(OC([2H])([2H])[2H])c2[2H])c1[2H]. The summed E-state index contributed by atoms with van der Waals surface area (Å²) in [5.41, 5.74) is -0.110. The number of aliphatic hydroxyl groups excluding tert-OH is 1. The van der Waals surface area contributed by atoms with Gasteiger partial charge in [0.15, 0.2) is 11.5 Å². The van der Waals surface area contributed by atoms with Gasteiger partial charge in [-0.15, -0.1) is 0 Å². The highest BCUT2D eigenvalue weighted by atomic mass is 16.5. The zero-order chi connectivity index (χ0) is 28.5. The molecule has 136 valence electrons. The lowest BCUT2D eigenvalue weighted by molar-refractivity contribution is 0.0976. The highest BCUT2D eigenvalue weighted by molar-refractivity contribution is 5.42. The Labute approximate surface area is 167 Å². The Morgan fingerprint density at radius 3 is 2.88 bits per heavy atom. The molecule has 0 saturated heterocycles. The van der Waals surface area contributed by atoms with E-state index in [9.17, 15) is 5.11 Å². The number of benzene rings is 2. The molecule has 1 unspecified atom stereocenters. The van der Waals surface area contributed by atoms with Crippen molar-refractivity contribution in [3.05, 3.63) is 53.4 Å². The Hall–Kier alpha value is -2.20. The lowest BCUT2D eigenvalue weighted by atomic mass is 10.0. The molecule has 0 fully saturated rings. The van der Waals surface area contributed by atoms with Crippen molar-refractivity contribution in [2.75, 3.05) is 20.8 Å². The highest BCUT2D eigenvalue weighted by Crippen LogP contribution is 2.28. The van der Waals surface area contributed by atoms with Gasteiger partial charge in [0.2, 0.25) is 0 Å². The van der Waals surface area contributed by atoms with E-state index in [1.165, 1.54) is 6.92 Å². The van der Waals surface area contributed by atoms with Crippen molar-refractivity contribution in [3.8, 4) is 17.2 Å². The average Bonchev–Trinajstić information content (AvgIpc) is 2.81. The molecule has 4 nitrogen and oxygen atoms in total. The van der Waals surface area contributed by atoms with E-state index in [1.54, 1.807) is 0 Å². The van der Waals surface area contributed by atoms with Crippen molar-refractivity contribution in [2.24, 2.45) is 0 Å². The van der Waals surface area contributed by atoms with Gasteiger partial charge in [0, 0.05) is 2.74 Å². The third kappa shape index (κ3) is 6.31. The van der Waals surface area contributed by atoms with E-state index in [4.69, 9.17) is 30.7 Å². The third-order valence-electron chi connectivity index (χ3n) is 3.21. The van der Waals surface area contributed by atoms with E-state index >= 15 is 0 Å². The molecule has 1 atom stereocenters. The zero-order valence-electron chi connectivity index (χ0n) is 26.1. The van der Waals surface area contributed by atoms with Crippen LogP contribution >= 0.6 is 0 Å². The highest BCUT2D eigenvalue weighted by Gasteiger charge is 2.07. The Morgan fingerprint density at radius 2 is 2.08 bits per heavy atom. The van der Waals surface area contributed by atoms with Crippen LogP contribution in [-0.4, -0.2) is 32.0 Å². The summed E-state index contributed by atoms with van der Waals surface area (Å²) in [4.78, 5) is 0. The van der Waals surface area contributed by atoms with E-state index in [0.29, 0.717) is 0 Å². The number of aliphatic hydroxyl groups is 1. The van der Waals surface area contributed by atoms with Crippen LogP contribution in [0.3, 0.4) is 0 Å². The van der Waals surface area contributed by atoms with E-state index < -0.39 is 74.3 Å². The van der Waals surface area contributed by atoms with Gasteiger partial charge in [-0.2, -0.15) is 0 Å². The number of methoxy groups -OCH3 is 2. The fraction of sp³-hybridized carbons (Fsp3) is 0.429. The predicted octanol–water partition coefficient (Wildman–Crippen LogP) is 4.16. The van der Waals surface area contributed by atoms with Gasteiger partial charge in [0.05, 0.1) is 34.0 Å². The quantitative estimate of drug-likeness (QED) is 0.694. The van der Waals surface area contributed by atoms with Crippen LogP contribution in [0.2, 0.25) is 0 Å². The van der Waals surface area contributed by atoms with Gasteiger partial charge in [0.25, 0.3) is 0 Å². The van der Waals surface area contributed by atoms with Crippen molar-refractivity contribution in [1.82, 2.24) is 0 Å². The van der Waals surface area contributed by atoms with Gasteiger partial charge in [-0.3, -0.25) is 0 Å². The van der Waals surface area contributed by atoms with Crippen molar-refractivity contribution in [1.29, 1.82) is 0 Å². The number of rotatable bonds is 10. The van der Waals surface area contributed by atoms with Gasteiger partial charge in [0.1, 0.15) is 12.4 Å². The molecule has 0 amide bonds. The molecule has 0 radical (unpaired) electrons. The minimum absolute atomic E-state index is 0.148. The van der Waals surface area contributed by atoms with Crippen LogP contribution in [0.15, 0.2) is 42.3 Å². The molecule has 2 aromatic carbocycles. The van der Waals surface area contributed by atoms with Gasteiger partial charge in [-0.05, 0) is 61.4 Å². The first-order chi connectivity index (χ1) is 16.9. The molecule has 0 aliphatic rings. The first kappa shape index (κ1) is 8.45. The van der Waals surface area contributed by atoms with Crippen LogP contribution in [0, 0.1) is 6.92 Å². The van der Waals surface area contributed by atoms with Crippen LogP contribution in [0.1, 0.15) is 46.8 Å². The molecular formula is C21H28O4. The minimum Gasteiger partial charge on any atom is -0.493 e. The van der Waals surface area contributed by atoms with Crippen LogP contribution in [0.5, 0.6) is 17.2 Å². The standard InChI is InChI=1S/C21H28O4/c1-16-7-6-10-19(13-16)25-15-18(22)9-5-4-8-17-11-12-20(23-2)21(14-17)24-3/h6-7,10-14,18,22H,4-5,8-9,15H2,1-3H3/i3D3,4D2,6D,7D,10D,11D,12D,13D,14D. The lowest BCUT2D eigenvalue weighted by Crippen LogP contribution is -2.17. The first-order valence-electron chi connectivity index (χ1n) is 13.6. The summed E-state index contributed by atoms with van der Waals surface area (Å²) in [6.07, 6.45) is -4.31. The molecular weight excluding hydrogens is 316 g/mol.